The number of amides is 1. The van der Waals surface area contributed by atoms with Gasteiger partial charge in [0.1, 0.15) is 0 Å². The van der Waals surface area contributed by atoms with Crippen LogP contribution in [0, 0.1) is 0 Å². The fraction of sp³-hybridized carbons (Fsp3) is 0.462. The van der Waals surface area contributed by atoms with E-state index in [9.17, 15) is 9.90 Å². The monoisotopic (exact) mass is 219 g/mol. The molecule has 16 heavy (non-hydrogen) atoms. The number of nitrogens with zero attached hydrogens (tertiary/aromatic N) is 1. The van der Waals surface area contributed by atoms with Crippen molar-refractivity contribution < 1.29 is 9.90 Å². The molecule has 1 atom stereocenters. The fourth-order valence-electron chi connectivity index (χ4n) is 2.09. The van der Waals surface area contributed by atoms with E-state index in [2.05, 4.69) is 0 Å². The van der Waals surface area contributed by atoms with Crippen molar-refractivity contribution in [3.05, 3.63) is 35.9 Å². The van der Waals surface area contributed by atoms with Crippen LogP contribution in [-0.4, -0.2) is 34.6 Å². The van der Waals surface area contributed by atoms with Gasteiger partial charge < -0.3 is 10.0 Å². The summed E-state index contributed by atoms with van der Waals surface area (Å²) < 4.78 is 0. The van der Waals surface area contributed by atoms with Crippen LogP contribution in [-0.2, 0) is 4.79 Å². The molecule has 1 heterocycles. The minimum absolute atomic E-state index is 0.0951. The van der Waals surface area contributed by atoms with Gasteiger partial charge in [-0.05, 0) is 19.4 Å². The van der Waals surface area contributed by atoms with E-state index in [1.54, 1.807) is 11.8 Å². The van der Waals surface area contributed by atoms with Gasteiger partial charge in [-0.1, -0.05) is 30.3 Å². The summed E-state index contributed by atoms with van der Waals surface area (Å²) >= 11 is 0. The number of benzene rings is 1. The molecule has 3 heteroatoms. The van der Waals surface area contributed by atoms with E-state index >= 15 is 0 Å². The molecule has 2 rings (SSSR count). The second-order valence-corrected chi connectivity index (χ2v) is 4.82. The van der Waals surface area contributed by atoms with Crippen molar-refractivity contribution in [1.29, 1.82) is 0 Å². The molecule has 1 unspecified atom stereocenters. The predicted octanol–water partition coefficient (Wildman–Crippen LogP) is 1.38. The SMILES string of the molecule is CC(C(=O)N1CC(C)(O)C1)c1ccccc1. The van der Waals surface area contributed by atoms with E-state index < -0.39 is 5.60 Å². The maximum atomic E-state index is 12.0. The largest absolute Gasteiger partial charge is 0.386 e. The molecule has 1 fully saturated rings. The lowest BCUT2D eigenvalue weighted by molar-refractivity contribution is -0.153. The Morgan fingerprint density at radius 1 is 1.38 bits per heavy atom. The molecule has 1 aliphatic heterocycles. The van der Waals surface area contributed by atoms with Crippen molar-refractivity contribution in [2.24, 2.45) is 0 Å². The lowest BCUT2D eigenvalue weighted by Crippen LogP contribution is -2.62. The van der Waals surface area contributed by atoms with Crippen molar-refractivity contribution in [3.8, 4) is 0 Å². The summed E-state index contributed by atoms with van der Waals surface area (Å²) in [6.07, 6.45) is 0. The molecule has 1 aromatic rings. The minimum atomic E-state index is -0.688. The molecule has 1 N–H and O–H groups in total. The average molecular weight is 219 g/mol. The van der Waals surface area contributed by atoms with E-state index in [0.29, 0.717) is 13.1 Å². The molecular weight excluding hydrogens is 202 g/mol. The van der Waals surface area contributed by atoms with E-state index in [-0.39, 0.29) is 11.8 Å². The van der Waals surface area contributed by atoms with Gasteiger partial charge in [0.05, 0.1) is 24.6 Å². The molecule has 1 aliphatic rings. The molecule has 0 spiro atoms. The minimum Gasteiger partial charge on any atom is -0.386 e. The first-order valence-electron chi connectivity index (χ1n) is 5.56. The summed E-state index contributed by atoms with van der Waals surface area (Å²) in [4.78, 5) is 13.7. The number of carbonyl (C=O) groups is 1. The zero-order valence-corrected chi connectivity index (χ0v) is 9.68. The molecule has 1 saturated heterocycles. The highest BCUT2D eigenvalue weighted by Crippen LogP contribution is 2.25. The third-order valence-electron chi connectivity index (χ3n) is 3.04. The number of hydrogen-bond donors (Lipinski definition) is 1. The van der Waals surface area contributed by atoms with Gasteiger partial charge in [-0.2, -0.15) is 0 Å². The van der Waals surface area contributed by atoms with Crippen LogP contribution >= 0.6 is 0 Å². The quantitative estimate of drug-likeness (QED) is 0.816. The Labute approximate surface area is 95.7 Å². The van der Waals surface area contributed by atoms with Gasteiger partial charge in [0.25, 0.3) is 0 Å². The predicted molar refractivity (Wildman–Crippen MR) is 62.1 cm³/mol. The fourth-order valence-corrected chi connectivity index (χ4v) is 2.09. The summed E-state index contributed by atoms with van der Waals surface area (Å²) in [7, 11) is 0. The number of β-amino-alcohol motifs (C(OH)–C–C–N with tert-alkyl or cyclic N) is 1. The van der Waals surface area contributed by atoms with Gasteiger partial charge >= 0.3 is 0 Å². The van der Waals surface area contributed by atoms with Crippen molar-refractivity contribution in [3.63, 3.8) is 0 Å². The van der Waals surface area contributed by atoms with Crippen molar-refractivity contribution in [2.75, 3.05) is 13.1 Å². The Morgan fingerprint density at radius 3 is 2.44 bits per heavy atom. The van der Waals surface area contributed by atoms with Gasteiger partial charge in [-0.3, -0.25) is 4.79 Å². The van der Waals surface area contributed by atoms with Gasteiger partial charge in [-0.25, -0.2) is 0 Å². The Balaban J connectivity index is 2.01. The molecule has 0 aromatic heterocycles. The molecule has 1 amide bonds. The highest BCUT2D eigenvalue weighted by atomic mass is 16.3. The summed E-state index contributed by atoms with van der Waals surface area (Å²) in [5, 5.41) is 9.59. The Morgan fingerprint density at radius 2 is 1.94 bits per heavy atom. The topological polar surface area (TPSA) is 40.5 Å². The smallest absolute Gasteiger partial charge is 0.230 e. The third-order valence-corrected chi connectivity index (χ3v) is 3.04. The van der Waals surface area contributed by atoms with E-state index in [4.69, 9.17) is 0 Å². The molecule has 1 aromatic carbocycles. The van der Waals surface area contributed by atoms with Crippen LogP contribution in [0.15, 0.2) is 30.3 Å². The first-order valence-corrected chi connectivity index (χ1v) is 5.56. The molecule has 0 radical (unpaired) electrons. The number of hydrogen-bond acceptors (Lipinski definition) is 2. The normalized spacial score (nSPS) is 20.1. The van der Waals surface area contributed by atoms with Gasteiger partial charge in [0.2, 0.25) is 5.91 Å². The number of likely N-dealkylation sites (tertiary alicyclic amines) is 1. The van der Waals surface area contributed by atoms with Gasteiger partial charge in [-0.15, -0.1) is 0 Å². The molecule has 86 valence electrons. The molecule has 0 bridgehead atoms. The van der Waals surface area contributed by atoms with Crippen molar-refractivity contribution in [2.45, 2.75) is 25.4 Å². The second kappa shape index (κ2) is 3.91. The average Bonchev–Trinajstić information content (AvgIpc) is 2.25. The van der Waals surface area contributed by atoms with Crippen LogP contribution in [0.5, 0.6) is 0 Å². The third kappa shape index (κ3) is 2.09. The van der Waals surface area contributed by atoms with Crippen LogP contribution in [0.3, 0.4) is 0 Å². The van der Waals surface area contributed by atoms with Crippen molar-refractivity contribution in [1.82, 2.24) is 4.90 Å². The summed E-state index contributed by atoms with van der Waals surface area (Å²) in [6, 6.07) is 9.73. The standard InChI is InChI=1S/C13H17NO2/c1-10(11-6-4-3-5-7-11)12(15)14-8-13(2,16)9-14/h3-7,10,16H,8-9H2,1-2H3. The molecule has 3 nitrogen and oxygen atoms in total. The Bertz CT molecular complexity index is 378. The van der Waals surface area contributed by atoms with Crippen LogP contribution in [0.2, 0.25) is 0 Å². The van der Waals surface area contributed by atoms with Crippen LogP contribution in [0.4, 0.5) is 0 Å². The summed E-state index contributed by atoms with van der Waals surface area (Å²) in [6.45, 7) is 4.56. The second-order valence-electron chi connectivity index (χ2n) is 4.82. The van der Waals surface area contributed by atoms with Crippen LogP contribution in [0.25, 0.3) is 0 Å². The van der Waals surface area contributed by atoms with Crippen LogP contribution in [0.1, 0.15) is 25.3 Å². The van der Waals surface area contributed by atoms with Gasteiger partial charge in [0.15, 0.2) is 0 Å². The lowest BCUT2D eigenvalue weighted by Gasteiger charge is -2.45. The first kappa shape index (κ1) is 11.1. The van der Waals surface area contributed by atoms with Crippen LogP contribution < -0.4 is 0 Å². The Kier molecular flexibility index (Phi) is 2.72. The number of carbonyl (C=O) groups excluding carboxylic acids is 1. The zero-order valence-electron chi connectivity index (χ0n) is 9.68. The molecular formula is C13H17NO2. The number of rotatable bonds is 2. The van der Waals surface area contributed by atoms with E-state index in [1.165, 1.54) is 0 Å². The first-order chi connectivity index (χ1) is 7.49. The molecule has 0 aliphatic carbocycles. The Hall–Kier alpha value is -1.35. The maximum absolute atomic E-state index is 12.0. The van der Waals surface area contributed by atoms with E-state index in [0.717, 1.165) is 5.56 Å². The van der Waals surface area contributed by atoms with E-state index in [1.807, 2.05) is 37.3 Å². The lowest BCUT2D eigenvalue weighted by atomic mass is 9.92. The highest BCUT2D eigenvalue weighted by Gasteiger charge is 2.40. The van der Waals surface area contributed by atoms with Crippen molar-refractivity contribution >= 4 is 5.91 Å². The highest BCUT2D eigenvalue weighted by molar-refractivity contribution is 5.84. The molecule has 0 saturated carbocycles. The zero-order chi connectivity index (χ0) is 11.8. The summed E-state index contributed by atoms with van der Waals surface area (Å²) in [5.74, 6) is -0.0324. The summed E-state index contributed by atoms with van der Waals surface area (Å²) in [5.41, 5.74) is 0.338. The van der Waals surface area contributed by atoms with Gasteiger partial charge in [0, 0.05) is 0 Å². The number of aliphatic hydroxyl groups is 1. The maximum Gasteiger partial charge on any atom is 0.230 e.